The van der Waals surface area contributed by atoms with Crippen molar-refractivity contribution in [1.29, 1.82) is 0 Å². The third kappa shape index (κ3) is 4.98. The lowest BCUT2D eigenvalue weighted by Crippen LogP contribution is -2.40. The molecule has 4 rings (SSSR count). The molecular weight excluding hydrogens is 477 g/mol. The minimum atomic E-state index is -1.26. The Morgan fingerprint density at radius 3 is 2.41 bits per heavy atom. The maximum absolute atomic E-state index is 13.2. The number of hydrazone groups is 1. The molecule has 3 N–H and O–H groups in total. The van der Waals surface area contributed by atoms with Crippen molar-refractivity contribution in [2.45, 2.75) is 6.04 Å². The number of H-pyrrole nitrogens is 1. The molecule has 1 heterocycles. The third-order valence-corrected chi connectivity index (χ3v) is 5.77. The predicted molar refractivity (Wildman–Crippen MR) is 131 cm³/mol. The lowest BCUT2D eigenvalue weighted by molar-refractivity contribution is -0.123. The quantitative estimate of drug-likeness (QED) is 0.279. The van der Waals surface area contributed by atoms with E-state index in [1.807, 2.05) is 0 Å². The van der Waals surface area contributed by atoms with E-state index in [2.05, 4.69) is 26.0 Å². The van der Waals surface area contributed by atoms with Crippen molar-refractivity contribution in [3.8, 4) is 0 Å². The summed E-state index contributed by atoms with van der Waals surface area (Å²) >= 11 is 12.2. The summed E-state index contributed by atoms with van der Waals surface area (Å²) in [7, 11) is 0. The Kier molecular flexibility index (Phi) is 7.01. The van der Waals surface area contributed by atoms with Gasteiger partial charge in [0.15, 0.2) is 6.04 Å². The van der Waals surface area contributed by atoms with Gasteiger partial charge in [0.1, 0.15) is 5.69 Å². The fourth-order valence-corrected chi connectivity index (χ4v) is 3.62. The molecule has 10 heteroatoms. The van der Waals surface area contributed by atoms with Crippen LogP contribution in [0.2, 0.25) is 10.0 Å². The first-order valence-electron chi connectivity index (χ1n) is 10.1. The molecule has 170 valence electrons. The highest BCUT2D eigenvalue weighted by molar-refractivity contribution is 6.43. The molecular formula is C24H17Cl2N5O3. The Morgan fingerprint density at radius 1 is 0.941 bits per heavy atom. The molecule has 0 aliphatic rings. The van der Waals surface area contributed by atoms with Crippen molar-refractivity contribution < 1.29 is 9.59 Å². The van der Waals surface area contributed by atoms with Crippen LogP contribution < -0.4 is 16.3 Å². The number of aromatic nitrogens is 2. The first-order chi connectivity index (χ1) is 16.5. The van der Waals surface area contributed by atoms with Gasteiger partial charge in [-0.25, -0.2) is 10.5 Å². The Labute approximate surface area is 203 Å². The standard InChI is InChI=1S/C24H17Cl2N5O3/c25-18-12-6-9-15(19(18)26)13-27-30-24(34)21(28-22(32)14-7-2-1-3-8-14)20-16-10-4-5-11-17(16)23(33)31-29-20/h1-13,21H,(H,28,32)(H,30,34)(H,31,33)/b27-13-. The Balaban J connectivity index is 1.68. The summed E-state index contributed by atoms with van der Waals surface area (Å²) in [6, 6.07) is 18.8. The SMILES string of the molecule is O=C(NC(C(=O)N/N=C\c1cccc(Cl)c1Cl)c1n[nH]c(=O)c2ccccc12)c1ccccc1. The van der Waals surface area contributed by atoms with Crippen LogP contribution in [0.1, 0.15) is 27.7 Å². The highest BCUT2D eigenvalue weighted by Gasteiger charge is 2.27. The van der Waals surface area contributed by atoms with Gasteiger partial charge in [0.05, 0.1) is 21.6 Å². The Bertz CT molecular complexity index is 1450. The fraction of sp³-hybridized carbons (Fsp3) is 0.0417. The van der Waals surface area contributed by atoms with Crippen LogP contribution in [-0.4, -0.2) is 28.2 Å². The van der Waals surface area contributed by atoms with Gasteiger partial charge in [0.2, 0.25) is 0 Å². The minimum Gasteiger partial charge on any atom is -0.335 e. The monoisotopic (exact) mass is 493 g/mol. The molecule has 1 unspecified atom stereocenters. The molecule has 4 aromatic rings. The van der Waals surface area contributed by atoms with Crippen LogP contribution in [-0.2, 0) is 4.79 Å². The minimum absolute atomic E-state index is 0.160. The maximum atomic E-state index is 13.2. The molecule has 0 aliphatic carbocycles. The number of fused-ring (bicyclic) bond motifs is 1. The lowest BCUT2D eigenvalue weighted by Gasteiger charge is -2.18. The van der Waals surface area contributed by atoms with E-state index >= 15 is 0 Å². The highest BCUT2D eigenvalue weighted by Crippen LogP contribution is 2.24. The summed E-state index contributed by atoms with van der Waals surface area (Å²) in [5, 5.41) is 14.4. The molecule has 0 spiro atoms. The number of nitrogens with one attached hydrogen (secondary N) is 3. The van der Waals surface area contributed by atoms with Crippen LogP contribution >= 0.6 is 23.2 Å². The van der Waals surface area contributed by atoms with Crippen LogP contribution in [0.15, 0.2) is 82.7 Å². The second kappa shape index (κ2) is 10.3. The van der Waals surface area contributed by atoms with Gasteiger partial charge >= 0.3 is 0 Å². The number of carbonyl (C=O) groups excluding carboxylic acids is 2. The van der Waals surface area contributed by atoms with Gasteiger partial charge in [-0.2, -0.15) is 10.2 Å². The van der Waals surface area contributed by atoms with Crippen molar-refractivity contribution in [3.05, 3.63) is 110 Å². The second-order valence-electron chi connectivity index (χ2n) is 7.13. The van der Waals surface area contributed by atoms with Crippen molar-refractivity contribution in [2.75, 3.05) is 0 Å². The summed E-state index contributed by atoms with van der Waals surface area (Å²) in [4.78, 5) is 38.2. The molecule has 3 aromatic carbocycles. The molecule has 1 aromatic heterocycles. The van der Waals surface area contributed by atoms with Crippen molar-refractivity contribution >= 4 is 52.0 Å². The number of hydrogen-bond acceptors (Lipinski definition) is 5. The van der Waals surface area contributed by atoms with E-state index in [0.29, 0.717) is 26.9 Å². The summed E-state index contributed by atoms with van der Waals surface area (Å²) < 4.78 is 0. The average Bonchev–Trinajstić information content (AvgIpc) is 2.86. The van der Waals surface area contributed by atoms with Gasteiger partial charge in [-0.15, -0.1) is 0 Å². The zero-order valence-corrected chi connectivity index (χ0v) is 19.0. The number of nitrogens with zero attached hydrogens (tertiary/aromatic N) is 2. The van der Waals surface area contributed by atoms with Crippen molar-refractivity contribution in [3.63, 3.8) is 0 Å². The van der Waals surface area contributed by atoms with Crippen molar-refractivity contribution in [1.82, 2.24) is 20.9 Å². The number of amides is 2. The molecule has 2 amide bonds. The molecule has 34 heavy (non-hydrogen) atoms. The maximum Gasteiger partial charge on any atom is 0.272 e. The summed E-state index contributed by atoms with van der Waals surface area (Å²) in [6.07, 6.45) is 1.33. The van der Waals surface area contributed by atoms with Crippen LogP contribution in [0.3, 0.4) is 0 Å². The smallest absolute Gasteiger partial charge is 0.272 e. The predicted octanol–water partition coefficient (Wildman–Crippen LogP) is 3.85. The largest absolute Gasteiger partial charge is 0.335 e. The van der Waals surface area contributed by atoms with E-state index in [4.69, 9.17) is 23.2 Å². The van der Waals surface area contributed by atoms with Gasteiger partial charge in [-0.3, -0.25) is 14.4 Å². The van der Waals surface area contributed by atoms with Gasteiger partial charge in [0.25, 0.3) is 17.4 Å². The average molecular weight is 494 g/mol. The topological polar surface area (TPSA) is 116 Å². The molecule has 8 nitrogen and oxygen atoms in total. The normalized spacial score (nSPS) is 11.9. The van der Waals surface area contributed by atoms with E-state index in [9.17, 15) is 14.4 Å². The Morgan fingerprint density at radius 2 is 1.65 bits per heavy atom. The molecule has 0 radical (unpaired) electrons. The number of rotatable bonds is 6. The van der Waals surface area contributed by atoms with Crippen LogP contribution in [0, 0.1) is 0 Å². The molecule has 0 fully saturated rings. The number of carbonyl (C=O) groups is 2. The summed E-state index contributed by atoms with van der Waals surface area (Å²) in [5.74, 6) is -1.18. The van der Waals surface area contributed by atoms with E-state index in [-0.39, 0.29) is 10.7 Å². The van der Waals surface area contributed by atoms with E-state index in [0.717, 1.165) is 0 Å². The van der Waals surface area contributed by atoms with Gasteiger partial charge in [0, 0.05) is 16.5 Å². The van der Waals surface area contributed by atoms with E-state index < -0.39 is 23.4 Å². The molecule has 0 saturated carbocycles. The third-order valence-electron chi connectivity index (χ3n) is 4.93. The first-order valence-corrected chi connectivity index (χ1v) is 10.8. The summed E-state index contributed by atoms with van der Waals surface area (Å²) in [5.41, 5.74) is 2.98. The molecule has 0 bridgehead atoms. The molecule has 0 aliphatic heterocycles. The lowest BCUT2D eigenvalue weighted by atomic mass is 10.0. The van der Waals surface area contributed by atoms with Gasteiger partial charge in [-0.05, 0) is 24.3 Å². The number of aromatic amines is 1. The van der Waals surface area contributed by atoms with E-state index in [1.165, 1.54) is 6.21 Å². The summed E-state index contributed by atoms with van der Waals surface area (Å²) in [6.45, 7) is 0. The molecule has 1 atom stereocenters. The van der Waals surface area contributed by atoms with Crippen LogP contribution in [0.4, 0.5) is 0 Å². The van der Waals surface area contributed by atoms with Gasteiger partial charge in [-0.1, -0.05) is 71.7 Å². The van der Waals surface area contributed by atoms with E-state index in [1.54, 1.807) is 72.8 Å². The molecule has 0 saturated heterocycles. The zero-order chi connectivity index (χ0) is 24.1. The number of benzene rings is 3. The Hall–Kier alpha value is -4.01. The fourth-order valence-electron chi connectivity index (χ4n) is 3.27. The second-order valence-corrected chi connectivity index (χ2v) is 7.92. The van der Waals surface area contributed by atoms with Crippen LogP contribution in [0.25, 0.3) is 10.8 Å². The number of halogens is 2. The van der Waals surface area contributed by atoms with Crippen molar-refractivity contribution in [2.24, 2.45) is 5.10 Å². The van der Waals surface area contributed by atoms with Crippen LogP contribution in [0.5, 0.6) is 0 Å². The van der Waals surface area contributed by atoms with Gasteiger partial charge < -0.3 is 5.32 Å². The number of hydrogen-bond donors (Lipinski definition) is 3. The first kappa shape index (κ1) is 23.2. The zero-order valence-electron chi connectivity index (χ0n) is 17.5. The highest BCUT2D eigenvalue weighted by atomic mass is 35.5.